The lowest BCUT2D eigenvalue weighted by Gasteiger charge is -2.30. The molecule has 1 aliphatic rings. The van der Waals surface area contributed by atoms with Gasteiger partial charge in [0.05, 0.1) is 23.0 Å². The quantitative estimate of drug-likeness (QED) is 0.517. The van der Waals surface area contributed by atoms with Crippen molar-refractivity contribution in [3.05, 3.63) is 59.7 Å². The number of hydrogen-bond acceptors (Lipinski definition) is 5. The van der Waals surface area contributed by atoms with Crippen molar-refractivity contribution in [2.24, 2.45) is 10.9 Å². The summed E-state index contributed by atoms with van der Waals surface area (Å²) in [5.74, 6) is -2.06. The molecule has 6 nitrogen and oxygen atoms in total. The van der Waals surface area contributed by atoms with Gasteiger partial charge in [0.1, 0.15) is 0 Å². The van der Waals surface area contributed by atoms with E-state index in [0.29, 0.717) is 16.9 Å². The van der Waals surface area contributed by atoms with E-state index in [1.807, 2.05) is 25.1 Å². The van der Waals surface area contributed by atoms with Gasteiger partial charge in [-0.1, -0.05) is 17.7 Å². The molecule has 0 unspecified atom stereocenters. The Morgan fingerprint density at radius 2 is 1.81 bits per heavy atom. The molecule has 0 aliphatic carbocycles. The summed E-state index contributed by atoms with van der Waals surface area (Å²) in [6, 6.07) is 15.8. The molecule has 128 valence electrons. The first-order valence-corrected chi connectivity index (χ1v) is 8.20. The highest BCUT2D eigenvalue weighted by molar-refractivity contribution is 7.80. The molecular formula is C19H14N4O2S. The van der Waals surface area contributed by atoms with Crippen molar-refractivity contribution < 1.29 is 9.59 Å². The van der Waals surface area contributed by atoms with Crippen molar-refractivity contribution in [3.63, 3.8) is 0 Å². The first-order valence-electron chi connectivity index (χ1n) is 7.79. The molecule has 7 heteroatoms. The molecule has 1 saturated heterocycles. The minimum atomic E-state index is -1.08. The molecular weight excluding hydrogens is 348 g/mol. The van der Waals surface area contributed by atoms with Gasteiger partial charge >= 0.3 is 0 Å². The summed E-state index contributed by atoms with van der Waals surface area (Å²) in [4.78, 5) is 30.5. The Labute approximate surface area is 155 Å². The van der Waals surface area contributed by atoms with E-state index in [9.17, 15) is 9.59 Å². The smallest absolute Gasteiger partial charge is 0.251 e. The average Bonchev–Trinajstić information content (AvgIpc) is 2.63. The Morgan fingerprint density at radius 3 is 2.42 bits per heavy atom. The van der Waals surface area contributed by atoms with E-state index in [2.05, 4.69) is 10.3 Å². The third kappa shape index (κ3) is 3.50. The van der Waals surface area contributed by atoms with Crippen LogP contribution in [-0.2, 0) is 9.59 Å². The number of nitrogens with one attached hydrogen (secondary N) is 1. The second-order valence-corrected chi connectivity index (χ2v) is 6.10. The van der Waals surface area contributed by atoms with Gasteiger partial charge in [-0.25, -0.2) is 0 Å². The number of carbonyl (C=O) groups excluding carboxylic acids is 2. The number of thiocarbonyl (C=S) groups is 1. The van der Waals surface area contributed by atoms with Crippen LogP contribution in [0, 0.1) is 24.2 Å². The molecule has 1 heterocycles. The van der Waals surface area contributed by atoms with Gasteiger partial charge in [-0.05, 0) is 55.5 Å². The largest absolute Gasteiger partial charge is 0.301 e. The highest BCUT2D eigenvalue weighted by Crippen LogP contribution is 2.21. The third-order valence-electron chi connectivity index (χ3n) is 3.86. The molecule has 1 atom stereocenters. The fraction of sp³-hybridized carbons (Fsp3) is 0.105. The maximum atomic E-state index is 12.8. The summed E-state index contributed by atoms with van der Waals surface area (Å²) in [5, 5.41) is 11.4. The van der Waals surface area contributed by atoms with Gasteiger partial charge < -0.3 is 5.32 Å². The molecule has 2 aromatic carbocycles. The highest BCUT2D eigenvalue weighted by atomic mass is 32.1. The lowest BCUT2D eigenvalue weighted by Crippen LogP contribution is -2.58. The van der Waals surface area contributed by atoms with Crippen LogP contribution in [0.2, 0.25) is 0 Å². The van der Waals surface area contributed by atoms with Gasteiger partial charge in [-0.15, -0.1) is 0 Å². The van der Waals surface area contributed by atoms with E-state index in [4.69, 9.17) is 17.5 Å². The van der Waals surface area contributed by atoms with E-state index >= 15 is 0 Å². The van der Waals surface area contributed by atoms with Gasteiger partial charge in [-0.3, -0.25) is 19.5 Å². The summed E-state index contributed by atoms with van der Waals surface area (Å²) in [5.41, 5.74) is 2.68. The molecule has 0 bridgehead atoms. The van der Waals surface area contributed by atoms with Crippen molar-refractivity contribution >= 4 is 46.7 Å². The molecule has 3 rings (SSSR count). The second kappa shape index (κ2) is 7.25. The van der Waals surface area contributed by atoms with E-state index in [1.54, 1.807) is 36.4 Å². The Bertz CT molecular complexity index is 943. The zero-order valence-electron chi connectivity index (χ0n) is 13.8. The maximum absolute atomic E-state index is 12.8. The number of benzene rings is 2. The van der Waals surface area contributed by atoms with Gasteiger partial charge in [0.25, 0.3) is 5.91 Å². The van der Waals surface area contributed by atoms with Crippen LogP contribution in [0.5, 0.6) is 0 Å². The van der Waals surface area contributed by atoms with Crippen LogP contribution in [0.4, 0.5) is 11.4 Å². The Balaban J connectivity index is 1.86. The normalized spacial score (nSPS) is 17.3. The topological polar surface area (TPSA) is 85.6 Å². The van der Waals surface area contributed by atoms with Gasteiger partial charge in [0.15, 0.2) is 11.0 Å². The number of aryl methyl sites for hydroxylation is 1. The highest BCUT2D eigenvalue weighted by Gasteiger charge is 2.38. The average molecular weight is 362 g/mol. The lowest BCUT2D eigenvalue weighted by atomic mass is 10.1. The van der Waals surface area contributed by atoms with Crippen molar-refractivity contribution in [1.29, 1.82) is 5.26 Å². The first kappa shape index (κ1) is 17.5. The summed E-state index contributed by atoms with van der Waals surface area (Å²) < 4.78 is 0. The molecule has 0 aromatic heterocycles. The monoisotopic (exact) mass is 362 g/mol. The van der Waals surface area contributed by atoms with Crippen LogP contribution in [0.3, 0.4) is 0 Å². The van der Waals surface area contributed by atoms with Crippen molar-refractivity contribution in [3.8, 4) is 6.07 Å². The zero-order chi connectivity index (χ0) is 18.7. The van der Waals surface area contributed by atoms with Crippen LogP contribution < -0.4 is 10.2 Å². The molecule has 1 aliphatic heterocycles. The van der Waals surface area contributed by atoms with Gasteiger partial charge in [-0.2, -0.15) is 5.26 Å². The van der Waals surface area contributed by atoms with Crippen LogP contribution >= 0.6 is 12.2 Å². The molecule has 0 saturated carbocycles. The molecule has 2 amide bonds. The molecule has 26 heavy (non-hydrogen) atoms. The van der Waals surface area contributed by atoms with E-state index in [-0.39, 0.29) is 5.11 Å². The number of carbonyl (C=O) groups is 2. The standard InChI is InChI=1S/C19H14N4O2S/c1-12-2-8-15(9-3-12)23-18(25)16(17(24)22-19(23)26)11-21-14-6-4-13(10-20)5-7-14/h2-9,11,16H,1H3,(H,22,24,26)/t16-/m0/s1. The molecule has 0 spiro atoms. The van der Waals surface area contributed by atoms with Crippen molar-refractivity contribution in [2.75, 3.05) is 4.90 Å². The van der Waals surface area contributed by atoms with Crippen LogP contribution in [-0.4, -0.2) is 23.1 Å². The number of rotatable bonds is 3. The molecule has 1 fully saturated rings. The third-order valence-corrected chi connectivity index (χ3v) is 4.15. The fourth-order valence-electron chi connectivity index (χ4n) is 2.44. The number of hydrogen-bond donors (Lipinski definition) is 1. The summed E-state index contributed by atoms with van der Waals surface area (Å²) in [7, 11) is 0. The molecule has 1 N–H and O–H groups in total. The minimum Gasteiger partial charge on any atom is -0.301 e. The number of nitriles is 1. The number of amides is 2. The summed E-state index contributed by atoms with van der Waals surface area (Å²) >= 11 is 5.15. The predicted octanol–water partition coefficient (Wildman–Crippen LogP) is 2.63. The number of aliphatic imine (C=N–C) groups is 1. The SMILES string of the molecule is Cc1ccc(N2C(=O)[C@@H](C=Nc3ccc(C#N)cc3)C(=O)NC2=S)cc1. The predicted molar refractivity (Wildman–Crippen MR) is 102 cm³/mol. The minimum absolute atomic E-state index is 0.0480. The number of nitrogens with zero attached hydrogens (tertiary/aromatic N) is 3. The van der Waals surface area contributed by atoms with Crippen LogP contribution in [0.15, 0.2) is 53.5 Å². The summed E-state index contributed by atoms with van der Waals surface area (Å²) in [6.07, 6.45) is 1.29. The Hall–Kier alpha value is -3.37. The number of anilines is 1. The van der Waals surface area contributed by atoms with Crippen LogP contribution in [0.25, 0.3) is 0 Å². The lowest BCUT2D eigenvalue weighted by molar-refractivity contribution is -0.130. The van der Waals surface area contributed by atoms with Crippen LogP contribution in [0.1, 0.15) is 11.1 Å². The molecule has 2 aromatic rings. The van der Waals surface area contributed by atoms with E-state index < -0.39 is 17.7 Å². The van der Waals surface area contributed by atoms with Crippen molar-refractivity contribution in [2.45, 2.75) is 6.92 Å². The van der Waals surface area contributed by atoms with Crippen molar-refractivity contribution in [1.82, 2.24) is 5.32 Å². The maximum Gasteiger partial charge on any atom is 0.251 e. The first-order chi connectivity index (χ1) is 12.5. The summed E-state index contributed by atoms with van der Waals surface area (Å²) in [6.45, 7) is 1.94. The Kier molecular flexibility index (Phi) is 4.87. The van der Waals surface area contributed by atoms with Gasteiger partial charge in [0.2, 0.25) is 5.91 Å². The zero-order valence-corrected chi connectivity index (χ0v) is 14.7. The van der Waals surface area contributed by atoms with E-state index in [1.165, 1.54) is 11.1 Å². The molecule has 0 radical (unpaired) electrons. The Morgan fingerprint density at radius 1 is 1.15 bits per heavy atom. The second-order valence-electron chi connectivity index (χ2n) is 5.72. The van der Waals surface area contributed by atoms with Gasteiger partial charge in [0, 0.05) is 6.21 Å². The fourth-order valence-corrected chi connectivity index (χ4v) is 2.74. The van der Waals surface area contributed by atoms with E-state index in [0.717, 1.165) is 5.56 Å².